The van der Waals surface area contributed by atoms with Gasteiger partial charge >= 0.3 is 6.09 Å². The summed E-state index contributed by atoms with van der Waals surface area (Å²) in [6, 6.07) is 0. The van der Waals surface area contributed by atoms with Crippen LogP contribution >= 0.6 is 11.6 Å². The van der Waals surface area contributed by atoms with Crippen LogP contribution in [0.4, 0.5) is 10.6 Å². The number of ketones is 1. The minimum Gasteiger partial charge on any atom is -0.444 e. The molecule has 2 heterocycles. The number of nitrogens with zero attached hydrogens (tertiary/aromatic N) is 3. The van der Waals surface area contributed by atoms with Crippen molar-refractivity contribution < 1.29 is 14.3 Å². The molecule has 0 aromatic carbocycles. The van der Waals surface area contributed by atoms with Crippen LogP contribution in [0.2, 0.25) is 5.28 Å². The van der Waals surface area contributed by atoms with E-state index in [4.69, 9.17) is 16.3 Å². The van der Waals surface area contributed by atoms with Crippen LogP contribution in [-0.4, -0.2) is 52.0 Å². The highest BCUT2D eigenvalue weighted by Crippen LogP contribution is 2.21. The summed E-state index contributed by atoms with van der Waals surface area (Å²) in [5.74, 6) is 0.556. The summed E-state index contributed by atoms with van der Waals surface area (Å²) in [7, 11) is 0. The first-order valence-electron chi connectivity index (χ1n) is 7.91. The summed E-state index contributed by atoms with van der Waals surface area (Å²) in [4.78, 5) is 33.3. The number of rotatable bonds is 4. The minimum absolute atomic E-state index is 0.0873. The maximum atomic E-state index is 12.1. The second kappa shape index (κ2) is 7.34. The van der Waals surface area contributed by atoms with Crippen LogP contribution < -0.4 is 5.32 Å². The van der Waals surface area contributed by atoms with E-state index in [1.54, 1.807) is 4.90 Å². The van der Waals surface area contributed by atoms with E-state index in [2.05, 4.69) is 15.3 Å². The van der Waals surface area contributed by atoms with Gasteiger partial charge in [-0.3, -0.25) is 4.79 Å². The van der Waals surface area contributed by atoms with Crippen LogP contribution in [0.5, 0.6) is 0 Å². The maximum Gasteiger partial charge on any atom is 0.410 e. The first kappa shape index (κ1) is 18.4. The Hall–Kier alpha value is -1.89. The van der Waals surface area contributed by atoms with E-state index in [0.29, 0.717) is 31.0 Å². The molecule has 1 aliphatic rings. The lowest BCUT2D eigenvalue weighted by Crippen LogP contribution is -2.35. The molecule has 0 saturated carbocycles. The first-order chi connectivity index (χ1) is 11.2. The van der Waals surface area contributed by atoms with Crippen molar-refractivity contribution in [1.82, 2.24) is 14.9 Å². The Morgan fingerprint density at radius 1 is 1.46 bits per heavy atom. The van der Waals surface area contributed by atoms with Gasteiger partial charge in [0.15, 0.2) is 5.78 Å². The molecule has 24 heavy (non-hydrogen) atoms. The van der Waals surface area contributed by atoms with Gasteiger partial charge in [-0.1, -0.05) is 0 Å². The van der Waals surface area contributed by atoms with Gasteiger partial charge in [-0.05, 0) is 51.6 Å². The third-order valence-corrected chi connectivity index (χ3v) is 3.82. The van der Waals surface area contributed by atoms with Crippen molar-refractivity contribution in [1.29, 1.82) is 0 Å². The van der Waals surface area contributed by atoms with Gasteiger partial charge < -0.3 is 15.0 Å². The lowest BCUT2D eigenvalue weighted by molar-refractivity contribution is 0.0289. The summed E-state index contributed by atoms with van der Waals surface area (Å²) in [6.07, 6.45) is 1.99. The smallest absolute Gasteiger partial charge is 0.410 e. The topological polar surface area (TPSA) is 84.4 Å². The van der Waals surface area contributed by atoms with E-state index in [1.807, 2.05) is 20.8 Å². The molecule has 1 atom stereocenters. The number of nitrogens with one attached hydrogen (secondary N) is 1. The molecule has 0 aliphatic carbocycles. The molecule has 7 nitrogen and oxygen atoms in total. The van der Waals surface area contributed by atoms with Crippen LogP contribution in [-0.2, 0) is 4.74 Å². The quantitative estimate of drug-likeness (QED) is 0.661. The summed E-state index contributed by atoms with van der Waals surface area (Å²) >= 11 is 5.80. The molecule has 0 spiro atoms. The molecule has 1 aromatic rings. The number of likely N-dealkylation sites (tertiary alicyclic amines) is 1. The van der Waals surface area contributed by atoms with Gasteiger partial charge in [-0.25, -0.2) is 14.8 Å². The average molecular weight is 355 g/mol. The number of halogens is 1. The number of Topliss-reactive ketones (excluding diaryl/α,β-unsaturated/α-hetero) is 1. The molecule has 0 radical (unpaired) electrons. The van der Waals surface area contributed by atoms with Crippen molar-refractivity contribution in [3.05, 3.63) is 17.0 Å². The molecule has 8 heteroatoms. The second-order valence-electron chi connectivity index (χ2n) is 6.92. The zero-order chi connectivity index (χ0) is 17.9. The van der Waals surface area contributed by atoms with Gasteiger partial charge in [-0.15, -0.1) is 0 Å². The van der Waals surface area contributed by atoms with Gasteiger partial charge in [-0.2, -0.15) is 0 Å². The van der Waals surface area contributed by atoms with E-state index in [9.17, 15) is 9.59 Å². The molecule has 1 aromatic heterocycles. The molecular formula is C16H23ClN4O3. The Kier molecular flexibility index (Phi) is 5.64. The molecule has 1 unspecified atom stereocenters. The molecular weight excluding hydrogens is 332 g/mol. The fraction of sp³-hybridized carbons (Fsp3) is 0.625. The molecule has 2 rings (SSSR count). The molecule has 1 fully saturated rings. The normalized spacial score (nSPS) is 17.7. The molecule has 1 saturated heterocycles. The number of hydrogen-bond acceptors (Lipinski definition) is 6. The van der Waals surface area contributed by atoms with Crippen molar-refractivity contribution in [3.63, 3.8) is 0 Å². The van der Waals surface area contributed by atoms with Crippen molar-refractivity contribution in [3.8, 4) is 0 Å². The highest BCUT2D eigenvalue weighted by molar-refractivity contribution is 6.28. The lowest BCUT2D eigenvalue weighted by atomic mass is 10.1. The van der Waals surface area contributed by atoms with Gasteiger partial charge in [0.2, 0.25) is 5.28 Å². The third kappa shape index (κ3) is 5.06. The average Bonchev–Trinajstić information content (AvgIpc) is 2.92. The maximum absolute atomic E-state index is 12.1. The highest BCUT2D eigenvalue weighted by Gasteiger charge is 2.29. The van der Waals surface area contributed by atoms with Crippen LogP contribution in [0.1, 0.15) is 44.5 Å². The van der Waals surface area contributed by atoms with E-state index < -0.39 is 5.60 Å². The number of hydrogen-bond donors (Lipinski definition) is 1. The number of carbonyl (C=O) groups is 2. The SMILES string of the molecule is CC(=O)c1cnc(Cl)nc1NCC1CCN(C(=O)OC(C)(C)C)C1. The summed E-state index contributed by atoms with van der Waals surface area (Å²) < 4.78 is 5.38. The third-order valence-electron chi connectivity index (χ3n) is 3.63. The fourth-order valence-electron chi connectivity index (χ4n) is 2.49. The zero-order valence-corrected chi connectivity index (χ0v) is 15.2. The largest absolute Gasteiger partial charge is 0.444 e. The van der Waals surface area contributed by atoms with Gasteiger partial charge in [0, 0.05) is 25.8 Å². The zero-order valence-electron chi connectivity index (χ0n) is 14.4. The Labute approximate surface area is 146 Å². The van der Waals surface area contributed by atoms with E-state index >= 15 is 0 Å². The van der Waals surface area contributed by atoms with Crippen LogP contribution in [0.15, 0.2) is 6.20 Å². The van der Waals surface area contributed by atoms with Crippen LogP contribution in [0.25, 0.3) is 0 Å². The molecule has 132 valence electrons. The fourth-order valence-corrected chi connectivity index (χ4v) is 2.62. The second-order valence-corrected chi connectivity index (χ2v) is 7.26. The number of aromatic nitrogens is 2. The summed E-state index contributed by atoms with van der Waals surface area (Å²) in [6.45, 7) is 8.86. The van der Waals surface area contributed by atoms with E-state index in [1.165, 1.54) is 13.1 Å². The molecule has 0 bridgehead atoms. The number of amides is 1. The predicted molar refractivity (Wildman–Crippen MR) is 91.5 cm³/mol. The number of carbonyl (C=O) groups excluding carboxylic acids is 2. The first-order valence-corrected chi connectivity index (χ1v) is 8.29. The summed E-state index contributed by atoms with van der Waals surface area (Å²) in [5.41, 5.74) is -0.0944. The van der Waals surface area contributed by atoms with E-state index in [-0.39, 0.29) is 23.1 Å². The molecule has 1 aliphatic heterocycles. The summed E-state index contributed by atoms with van der Waals surface area (Å²) in [5, 5.41) is 3.24. The predicted octanol–water partition coefficient (Wildman–Crippen LogP) is 3.00. The van der Waals surface area contributed by atoms with E-state index in [0.717, 1.165) is 6.42 Å². The lowest BCUT2D eigenvalue weighted by Gasteiger charge is -2.24. The highest BCUT2D eigenvalue weighted by atomic mass is 35.5. The monoisotopic (exact) mass is 354 g/mol. The Morgan fingerprint density at radius 2 is 2.17 bits per heavy atom. The standard InChI is InChI=1S/C16H23ClN4O3/c1-10(22)12-8-19-14(17)20-13(12)18-7-11-5-6-21(9-11)15(23)24-16(2,3)4/h8,11H,5-7,9H2,1-4H3,(H,18,19,20). The van der Waals surface area contributed by atoms with Gasteiger partial charge in [0.25, 0.3) is 0 Å². The van der Waals surface area contributed by atoms with Crippen LogP contribution in [0, 0.1) is 5.92 Å². The van der Waals surface area contributed by atoms with Crippen LogP contribution in [0.3, 0.4) is 0 Å². The number of anilines is 1. The Bertz CT molecular complexity index is 630. The minimum atomic E-state index is -0.498. The van der Waals surface area contributed by atoms with Crippen molar-refractivity contribution in [2.45, 2.75) is 39.7 Å². The van der Waals surface area contributed by atoms with Crippen molar-refractivity contribution in [2.24, 2.45) is 5.92 Å². The van der Waals surface area contributed by atoms with Gasteiger partial charge in [0.05, 0.1) is 5.56 Å². The molecule has 1 N–H and O–H groups in total. The van der Waals surface area contributed by atoms with Gasteiger partial charge in [0.1, 0.15) is 11.4 Å². The molecule has 1 amide bonds. The number of ether oxygens (including phenoxy) is 1. The van der Waals surface area contributed by atoms with Crippen molar-refractivity contribution >= 4 is 29.3 Å². The Morgan fingerprint density at radius 3 is 2.79 bits per heavy atom. The Balaban J connectivity index is 1.92. The van der Waals surface area contributed by atoms with Crippen molar-refractivity contribution in [2.75, 3.05) is 25.0 Å².